The number of ether oxygens (including phenoxy) is 1. The van der Waals surface area contributed by atoms with Crippen LogP contribution in [0.4, 0.5) is 0 Å². The van der Waals surface area contributed by atoms with Crippen LogP contribution in [0, 0.1) is 0 Å². The Kier molecular flexibility index (Phi) is 5.64. The van der Waals surface area contributed by atoms with Crippen LogP contribution in [0.5, 0.6) is 5.75 Å². The molecule has 20 heavy (non-hydrogen) atoms. The third-order valence-electron chi connectivity index (χ3n) is 3.29. The summed E-state index contributed by atoms with van der Waals surface area (Å²) in [6, 6.07) is 14.8. The summed E-state index contributed by atoms with van der Waals surface area (Å²) in [4.78, 5) is 0. The number of nitrogens with one attached hydrogen (secondary N) is 1. The number of benzene rings is 2. The van der Waals surface area contributed by atoms with Gasteiger partial charge in [-0.25, -0.2) is 0 Å². The zero-order chi connectivity index (χ0) is 14.5. The maximum Gasteiger partial charge on any atom is 0.122 e. The molecule has 0 bridgehead atoms. The van der Waals surface area contributed by atoms with Crippen molar-refractivity contribution >= 4 is 31.9 Å². The first-order valence-corrected chi connectivity index (χ1v) is 7.97. The Morgan fingerprint density at radius 1 is 1.05 bits per heavy atom. The number of rotatable bonds is 5. The molecular formula is C16H17Br2NO. The highest BCUT2D eigenvalue weighted by Crippen LogP contribution is 2.28. The average Bonchev–Trinajstić information content (AvgIpc) is 2.46. The van der Waals surface area contributed by atoms with E-state index in [1.165, 1.54) is 11.1 Å². The van der Waals surface area contributed by atoms with Crippen LogP contribution in [0.1, 0.15) is 17.2 Å². The van der Waals surface area contributed by atoms with Gasteiger partial charge in [0.25, 0.3) is 0 Å². The fourth-order valence-electron chi connectivity index (χ4n) is 2.21. The van der Waals surface area contributed by atoms with Crippen LogP contribution in [0.2, 0.25) is 0 Å². The fourth-order valence-corrected chi connectivity index (χ4v) is 2.88. The Balaban J connectivity index is 2.26. The van der Waals surface area contributed by atoms with E-state index in [0.29, 0.717) is 0 Å². The van der Waals surface area contributed by atoms with Crippen LogP contribution >= 0.6 is 31.9 Å². The first kappa shape index (κ1) is 15.5. The molecule has 2 aromatic rings. The molecule has 0 aromatic heterocycles. The Labute approximate surface area is 136 Å². The maximum absolute atomic E-state index is 5.44. The fraction of sp³-hybridized carbons (Fsp3) is 0.250. The van der Waals surface area contributed by atoms with Crippen LogP contribution in [0.3, 0.4) is 0 Å². The quantitative estimate of drug-likeness (QED) is 0.786. The summed E-state index contributed by atoms with van der Waals surface area (Å²) in [5.41, 5.74) is 2.45. The molecule has 0 radical (unpaired) electrons. The molecule has 106 valence electrons. The van der Waals surface area contributed by atoms with Crippen LogP contribution in [-0.2, 0) is 6.42 Å². The Morgan fingerprint density at radius 3 is 2.30 bits per heavy atom. The number of likely N-dealkylation sites (N-methyl/N-ethyl adjacent to an activating group) is 1. The van der Waals surface area contributed by atoms with Crippen molar-refractivity contribution in [2.45, 2.75) is 12.5 Å². The van der Waals surface area contributed by atoms with Crippen molar-refractivity contribution in [2.75, 3.05) is 14.2 Å². The summed E-state index contributed by atoms with van der Waals surface area (Å²) in [6.45, 7) is 0. The van der Waals surface area contributed by atoms with Gasteiger partial charge in [0.2, 0.25) is 0 Å². The smallest absolute Gasteiger partial charge is 0.122 e. The second kappa shape index (κ2) is 7.25. The third kappa shape index (κ3) is 3.84. The van der Waals surface area contributed by atoms with Crippen molar-refractivity contribution in [3.63, 3.8) is 0 Å². The highest BCUT2D eigenvalue weighted by atomic mass is 79.9. The SMILES string of the molecule is CNC(Cc1cc(Br)ccc1OC)c1ccc(Br)cc1. The molecule has 0 heterocycles. The normalized spacial score (nSPS) is 12.2. The van der Waals surface area contributed by atoms with E-state index in [0.717, 1.165) is 21.1 Å². The number of halogens is 2. The molecular weight excluding hydrogens is 382 g/mol. The topological polar surface area (TPSA) is 21.3 Å². The third-order valence-corrected chi connectivity index (χ3v) is 4.31. The average molecular weight is 399 g/mol. The first-order valence-electron chi connectivity index (χ1n) is 6.39. The van der Waals surface area contributed by atoms with Crippen LogP contribution in [0.15, 0.2) is 51.4 Å². The van der Waals surface area contributed by atoms with Crippen molar-refractivity contribution in [2.24, 2.45) is 0 Å². The lowest BCUT2D eigenvalue weighted by atomic mass is 9.98. The van der Waals surface area contributed by atoms with E-state index in [4.69, 9.17) is 4.74 Å². The molecule has 0 amide bonds. The standard InChI is InChI=1S/C16H17Br2NO/c1-19-15(11-3-5-13(17)6-4-11)10-12-9-14(18)7-8-16(12)20-2/h3-9,15,19H,10H2,1-2H3. The minimum absolute atomic E-state index is 0.256. The lowest BCUT2D eigenvalue weighted by Gasteiger charge is -2.18. The molecule has 1 atom stereocenters. The van der Waals surface area contributed by atoms with E-state index in [-0.39, 0.29) is 6.04 Å². The van der Waals surface area contributed by atoms with Crippen molar-refractivity contribution in [1.82, 2.24) is 5.32 Å². The number of methoxy groups -OCH3 is 1. The van der Waals surface area contributed by atoms with E-state index in [1.807, 2.05) is 19.2 Å². The molecule has 2 rings (SSSR count). The molecule has 4 heteroatoms. The van der Waals surface area contributed by atoms with Crippen molar-refractivity contribution in [1.29, 1.82) is 0 Å². The summed E-state index contributed by atoms with van der Waals surface area (Å²) in [6.07, 6.45) is 0.876. The molecule has 2 aromatic carbocycles. The minimum Gasteiger partial charge on any atom is -0.496 e. The predicted octanol–water partition coefficient (Wildman–Crippen LogP) is 4.72. The molecule has 0 fully saturated rings. The lowest BCUT2D eigenvalue weighted by molar-refractivity contribution is 0.406. The van der Waals surface area contributed by atoms with E-state index < -0.39 is 0 Å². The molecule has 1 unspecified atom stereocenters. The van der Waals surface area contributed by atoms with Gasteiger partial charge in [0.15, 0.2) is 0 Å². The maximum atomic E-state index is 5.44. The Bertz CT molecular complexity index is 569. The highest BCUT2D eigenvalue weighted by molar-refractivity contribution is 9.10. The molecule has 0 aliphatic heterocycles. The lowest BCUT2D eigenvalue weighted by Crippen LogP contribution is -2.19. The monoisotopic (exact) mass is 397 g/mol. The second-order valence-corrected chi connectivity index (χ2v) is 6.38. The highest BCUT2D eigenvalue weighted by Gasteiger charge is 2.13. The largest absolute Gasteiger partial charge is 0.496 e. The molecule has 0 aliphatic carbocycles. The van der Waals surface area contributed by atoms with E-state index >= 15 is 0 Å². The second-order valence-electron chi connectivity index (χ2n) is 4.55. The van der Waals surface area contributed by atoms with Crippen molar-refractivity contribution in [3.8, 4) is 5.75 Å². The molecule has 1 N–H and O–H groups in total. The summed E-state index contributed by atoms with van der Waals surface area (Å²) >= 11 is 6.99. The molecule has 0 aliphatic rings. The zero-order valence-corrected chi connectivity index (χ0v) is 14.7. The van der Waals surface area contributed by atoms with Gasteiger partial charge in [-0.3, -0.25) is 0 Å². The summed E-state index contributed by atoms with van der Waals surface area (Å²) < 4.78 is 7.61. The molecule has 0 saturated heterocycles. The van der Waals surface area contributed by atoms with Gasteiger partial charge in [-0.05, 0) is 54.9 Å². The van der Waals surface area contributed by atoms with Crippen molar-refractivity contribution < 1.29 is 4.74 Å². The zero-order valence-electron chi connectivity index (χ0n) is 11.5. The molecule has 2 nitrogen and oxygen atoms in total. The van der Waals surface area contributed by atoms with Crippen LogP contribution < -0.4 is 10.1 Å². The van der Waals surface area contributed by atoms with Gasteiger partial charge in [0, 0.05) is 15.0 Å². The van der Waals surface area contributed by atoms with E-state index in [1.54, 1.807) is 7.11 Å². The van der Waals surface area contributed by atoms with Gasteiger partial charge in [0.1, 0.15) is 5.75 Å². The summed E-state index contributed by atoms with van der Waals surface area (Å²) in [5.74, 6) is 0.922. The Hall–Kier alpha value is -0.840. The van der Waals surface area contributed by atoms with E-state index in [9.17, 15) is 0 Å². The number of hydrogen-bond acceptors (Lipinski definition) is 2. The van der Waals surface area contributed by atoms with Gasteiger partial charge in [-0.15, -0.1) is 0 Å². The van der Waals surface area contributed by atoms with Crippen LogP contribution in [0.25, 0.3) is 0 Å². The number of hydrogen-bond donors (Lipinski definition) is 1. The first-order chi connectivity index (χ1) is 9.63. The summed E-state index contributed by atoms with van der Waals surface area (Å²) in [7, 11) is 3.69. The Morgan fingerprint density at radius 2 is 1.70 bits per heavy atom. The van der Waals surface area contributed by atoms with Gasteiger partial charge in [0.05, 0.1) is 7.11 Å². The molecule has 0 saturated carbocycles. The van der Waals surface area contributed by atoms with E-state index in [2.05, 4.69) is 67.5 Å². The molecule has 0 spiro atoms. The van der Waals surface area contributed by atoms with Gasteiger partial charge < -0.3 is 10.1 Å². The summed E-state index contributed by atoms with van der Waals surface area (Å²) in [5, 5.41) is 3.37. The van der Waals surface area contributed by atoms with Crippen LogP contribution in [-0.4, -0.2) is 14.2 Å². The van der Waals surface area contributed by atoms with Gasteiger partial charge >= 0.3 is 0 Å². The van der Waals surface area contributed by atoms with Crippen molar-refractivity contribution in [3.05, 3.63) is 62.5 Å². The van der Waals surface area contributed by atoms with Gasteiger partial charge in [-0.2, -0.15) is 0 Å². The van der Waals surface area contributed by atoms with Gasteiger partial charge in [-0.1, -0.05) is 44.0 Å². The predicted molar refractivity (Wildman–Crippen MR) is 90.3 cm³/mol. The minimum atomic E-state index is 0.256.